The number of ether oxygens (including phenoxy) is 1. The third-order valence-corrected chi connectivity index (χ3v) is 4.18. The van der Waals surface area contributed by atoms with Gasteiger partial charge in [-0.3, -0.25) is 14.6 Å². The summed E-state index contributed by atoms with van der Waals surface area (Å²) < 4.78 is 18.8. The first-order chi connectivity index (χ1) is 12.6. The quantitative estimate of drug-likeness (QED) is 0.884. The van der Waals surface area contributed by atoms with Crippen LogP contribution in [0.15, 0.2) is 42.6 Å². The van der Waals surface area contributed by atoms with E-state index in [2.05, 4.69) is 10.3 Å². The lowest BCUT2D eigenvalue weighted by molar-refractivity contribution is 0.0299. The summed E-state index contributed by atoms with van der Waals surface area (Å²) >= 11 is 0. The van der Waals surface area contributed by atoms with Crippen molar-refractivity contribution < 1.29 is 18.7 Å². The SMILES string of the molecule is O=C(NCCc1ccccc1F)c1ccnc(C(=O)N2CCOCC2)c1. The van der Waals surface area contributed by atoms with Crippen molar-refractivity contribution in [2.45, 2.75) is 6.42 Å². The normalized spacial score (nSPS) is 14.1. The number of aromatic nitrogens is 1. The summed E-state index contributed by atoms with van der Waals surface area (Å²) in [5, 5.41) is 2.74. The van der Waals surface area contributed by atoms with Gasteiger partial charge in [0, 0.05) is 31.4 Å². The molecule has 0 atom stereocenters. The van der Waals surface area contributed by atoms with E-state index in [1.807, 2.05) is 0 Å². The van der Waals surface area contributed by atoms with Gasteiger partial charge in [-0.15, -0.1) is 0 Å². The molecule has 0 saturated carbocycles. The van der Waals surface area contributed by atoms with Gasteiger partial charge in [-0.05, 0) is 30.2 Å². The fourth-order valence-corrected chi connectivity index (χ4v) is 2.73. The van der Waals surface area contributed by atoms with E-state index in [1.165, 1.54) is 18.3 Å². The predicted octanol–water partition coefficient (Wildman–Crippen LogP) is 1.67. The number of hydrogen-bond donors (Lipinski definition) is 1. The number of nitrogens with zero attached hydrogens (tertiary/aromatic N) is 2. The highest BCUT2D eigenvalue weighted by atomic mass is 19.1. The first-order valence-electron chi connectivity index (χ1n) is 8.50. The number of pyridine rings is 1. The van der Waals surface area contributed by atoms with Crippen molar-refractivity contribution in [1.29, 1.82) is 0 Å². The molecule has 2 aromatic rings. The van der Waals surface area contributed by atoms with Crippen molar-refractivity contribution in [3.05, 3.63) is 65.2 Å². The Labute approximate surface area is 151 Å². The van der Waals surface area contributed by atoms with Crippen molar-refractivity contribution in [2.75, 3.05) is 32.8 Å². The predicted molar refractivity (Wildman–Crippen MR) is 93.4 cm³/mol. The third-order valence-electron chi connectivity index (χ3n) is 4.18. The molecule has 2 heterocycles. The standard InChI is InChI=1S/C19H20FN3O3/c20-16-4-2-1-3-14(16)5-8-22-18(24)15-6-7-21-17(13-15)19(25)23-9-11-26-12-10-23/h1-4,6-7,13H,5,8-12H2,(H,22,24). The maximum Gasteiger partial charge on any atom is 0.272 e. The molecule has 1 fully saturated rings. The van der Waals surface area contributed by atoms with Gasteiger partial charge >= 0.3 is 0 Å². The molecular weight excluding hydrogens is 337 g/mol. The van der Waals surface area contributed by atoms with Crippen molar-refractivity contribution >= 4 is 11.8 Å². The van der Waals surface area contributed by atoms with Gasteiger partial charge in [-0.2, -0.15) is 0 Å². The molecule has 1 N–H and O–H groups in total. The second-order valence-corrected chi connectivity index (χ2v) is 5.93. The number of hydrogen-bond acceptors (Lipinski definition) is 4. The molecule has 0 spiro atoms. The number of carbonyl (C=O) groups excluding carboxylic acids is 2. The maximum absolute atomic E-state index is 13.6. The maximum atomic E-state index is 13.6. The minimum atomic E-state index is -0.320. The van der Waals surface area contributed by atoms with Crippen LogP contribution in [0.3, 0.4) is 0 Å². The molecule has 26 heavy (non-hydrogen) atoms. The molecule has 3 rings (SSSR count). The molecule has 0 unspecified atom stereocenters. The Balaban J connectivity index is 1.59. The molecule has 1 aromatic heterocycles. The largest absolute Gasteiger partial charge is 0.378 e. The molecular formula is C19H20FN3O3. The van der Waals surface area contributed by atoms with Gasteiger partial charge in [-0.25, -0.2) is 4.39 Å². The summed E-state index contributed by atoms with van der Waals surface area (Å²) in [5.41, 5.74) is 1.13. The van der Waals surface area contributed by atoms with Crippen molar-refractivity contribution in [1.82, 2.24) is 15.2 Å². The molecule has 6 nitrogen and oxygen atoms in total. The summed E-state index contributed by atoms with van der Waals surface area (Å²) in [4.78, 5) is 30.5. The zero-order chi connectivity index (χ0) is 18.4. The van der Waals surface area contributed by atoms with E-state index in [-0.39, 0.29) is 23.3 Å². The summed E-state index contributed by atoms with van der Waals surface area (Å²) in [6.45, 7) is 2.33. The first kappa shape index (κ1) is 18.0. The fraction of sp³-hybridized carbons (Fsp3) is 0.316. The van der Waals surface area contributed by atoms with Crippen molar-refractivity contribution in [3.8, 4) is 0 Å². The van der Waals surface area contributed by atoms with Crippen molar-refractivity contribution in [2.24, 2.45) is 0 Å². The molecule has 0 aliphatic carbocycles. The first-order valence-corrected chi connectivity index (χ1v) is 8.50. The average Bonchev–Trinajstić information content (AvgIpc) is 2.69. The number of halogens is 1. The highest BCUT2D eigenvalue weighted by molar-refractivity contribution is 5.98. The van der Waals surface area contributed by atoms with Gasteiger partial charge in [0.05, 0.1) is 13.2 Å². The Morgan fingerprint density at radius 2 is 1.96 bits per heavy atom. The Morgan fingerprint density at radius 3 is 2.73 bits per heavy atom. The van der Waals surface area contributed by atoms with Crippen LogP contribution < -0.4 is 5.32 Å². The molecule has 136 valence electrons. The van der Waals surface area contributed by atoms with Crippen molar-refractivity contribution in [3.63, 3.8) is 0 Å². The number of morpholine rings is 1. The summed E-state index contributed by atoms with van der Waals surface area (Å²) in [5.74, 6) is -0.821. The Bertz CT molecular complexity index is 791. The van der Waals surface area contributed by atoms with E-state index in [0.29, 0.717) is 50.4 Å². The number of benzene rings is 1. The highest BCUT2D eigenvalue weighted by Gasteiger charge is 2.20. The summed E-state index contributed by atoms with van der Waals surface area (Å²) in [7, 11) is 0. The molecule has 7 heteroatoms. The molecule has 1 aliphatic rings. The summed E-state index contributed by atoms with van der Waals surface area (Å²) in [6.07, 6.45) is 1.84. The van der Waals surface area contributed by atoms with Gasteiger partial charge in [-0.1, -0.05) is 18.2 Å². The highest BCUT2D eigenvalue weighted by Crippen LogP contribution is 2.09. The van der Waals surface area contributed by atoms with E-state index in [1.54, 1.807) is 29.2 Å². The average molecular weight is 357 g/mol. The smallest absolute Gasteiger partial charge is 0.272 e. The van der Waals surface area contributed by atoms with Crippen LogP contribution in [-0.4, -0.2) is 54.5 Å². The Hall–Kier alpha value is -2.80. The van der Waals surface area contributed by atoms with Gasteiger partial charge in [0.2, 0.25) is 0 Å². The van der Waals surface area contributed by atoms with E-state index >= 15 is 0 Å². The lowest BCUT2D eigenvalue weighted by Crippen LogP contribution is -2.41. The zero-order valence-electron chi connectivity index (χ0n) is 14.3. The van der Waals surface area contributed by atoms with Crippen LogP contribution >= 0.6 is 0 Å². The lowest BCUT2D eigenvalue weighted by Gasteiger charge is -2.26. The third kappa shape index (κ3) is 4.43. The van der Waals surface area contributed by atoms with Crippen LogP contribution in [0.2, 0.25) is 0 Å². The minimum Gasteiger partial charge on any atom is -0.378 e. The van der Waals surface area contributed by atoms with Crippen LogP contribution in [0.4, 0.5) is 4.39 Å². The Morgan fingerprint density at radius 1 is 1.19 bits per heavy atom. The van der Waals surface area contributed by atoms with Crippen LogP contribution in [0.25, 0.3) is 0 Å². The molecule has 1 aromatic carbocycles. The number of nitrogens with one attached hydrogen (secondary N) is 1. The van der Waals surface area contributed by atoms with E-state index in [0.717, 1.165) is 0 Å². The van der Waals surface area contributed by atoms with Gasteiger partial charge in [0.15, 0.2) is 0 Å². The topological polar surface area (TPSA) is 71.5 Å². The lowest BCUT2D eigenvalue weighted by atomic mass is 10.1. The molecule has 1 saturated heterocycles. The number of carbonyl (C=O) groups is 2. The Kier molecular flexibility index (Phi) is 5.91. The number of rotatable bonds is 5. The zero-order valence-corrected chi connectivity index (χ0v) is 14.3. The van der Waals surface area contributed by atoms with Crippen LogP contribution in [0.1, 0.15) is 26.4 Å². The monoisotopic (exact) mass is 357 g/mol. The van der Waals surface area contributed by atoms with E-state index in [4.69, 9.17) is 4.74 Å². The minimum absolute atomic E-state index is 0.214. The second kappa shape index (κ2) is 8.53. The van der Waals surface area contributed by atoms with Crippen LogP contribution in [0.5, 0.6) is 0 Å². The van der Waals surface area contributed by atoms with Gasteiger partial charge in [0.1, 0.15) is 11.5 Å². The summed E-state index contributed by atoms with van der Waals surface area (Å²) in [6, 6.07) is 9.50. The second-order valence-electron chi connectivity index (χ2n) is 5.93. The van der Waals surface area contributed by atoms with Gasteiger partial charge < -0.3 is 15.0 Å². The van der Waals surface area contributed by atoms with E-state index in [9.17, 15) is 14.0 Å². The van der Waals surface area contributed by atoms with E-state index < -0.39 is 0 Å². The fourth-order valence-electron chi connectivity index (χ4n) is 2.73. The van der Waals surface area contributed by atoms with Crippen LogP contribution in [-0.2, 0) is 11.2 Å². The number of amides is 2. The van der Waals surface area contributed by atoms with Gasteiger partial charge in [0.25, 0.3) is 11.8 Å². The molecule has 0 bridgehead atoms. The molecule has 1 aliphatic heterocycles. The molecule has 2 amide bonds. The molecule has 0 radical (unpaired) electrons. The van der Waals surface area contributed by atoms with Crippen LogP contribution in [0, 0.1) is 5.82 Å².